The molecule has 1 aliphatic heterocycles. The van der Waals surface area contributed by atoms with Gasteiger partial charge in [0.25, 0.3) is 0 Å². The standard InChI is InChI=1S/C27H31NO6S/c1-3-33-27(31)20-17-28-21(16-23(20)30)19-15-24(32-2)25(34-11-7-5-4-6-10-29)14-18(19)13-22(28)26-9-8-12-35-26/h8-9,12,14-17,22,29H,3-7,10-11,13H2,1-2H3. The van der Waals surface area contributed by atoms with Crippen LogP contribution in [0.5, 0.6) is 11.5 Å². The first kappa shape index (κ1) is 25.0. The van der Waals surface area contributed by atoms with Crippen molar-refractivity contribution >= 4 is 17.3 Å². The van der Waals surface area contributed by atoms with E-state index in [2.05, 4.69) is 6.07 Å². The molecule has 1 atom stereocenters. The minimum atomic E-state index is -0.608. The molecule has 0 amide bonds. The number of unbranched alkanes of at least 4 members (excludes halogenated alkanes) is 3. The van der Waals surface area contributed by atoms with Crippen LogP contribution in [-0.4, -0.2) is 42.6 Å². The number of methoxy groups -OCH3 is 1. The molecular formula is C27H31NO6S. The molecule has 7 nitrogen and oxygen atoms in total. The van der Waals surface area contributed by atoms with Gasteiger partial charge in [0.05, 0.1) is 32.1 Å². The van der Waals surface area contributed by atoms with Crippen molar-refractivity contribution in [3.05, 3.63) is 68.1 Å². The second kappa shape index (κ2) is 11.6. The number of thiophene rings is 1. The number of esters is 1. The highest BCUT2D eigenvalue weighted by atomic mass is 32.1. The average molecular weight is 498 g/mol. The molecule has 0 fully saturated rings. The van der Waals surface area contributed by atoms with Gasteiger partial charge in [0.15, 0.2) is 16.9 Å². The van der Waals surface area contributed by atoms with Crippen molar-refractivity contribution in [3.63, 3.8) is 0 Å². The fourth-order valence-corrected chi connectivity index (χ4v) is 5.27. The molecule has 0 aliphatic carbocycles. The normalized spacial score (nSPS) is 14.2. The predicted octanol–water partition coefficient (Wildman–Crippen LogP) is 4.84. The SMILES string of the molecule is CCOC(=O)c1cn2c(cc1=O)-c1cc(OC)c(OCCCCCCO)cc1CC2c1cccs1. The van der Waals surface area contributed by atoms with E-state index in [4.69, 9.17) is 19.3 Å². The molecule has 3 aromatic rings. The lowest BCUT2D eigenvalue weighted by Crippen LogP contribution is -2.26. The summed E-state index contributed by atoms with van der Waals surface area (Å²) in [6.07, 6.45) is 5.99. The molecule has 0 radical (unpaired) electrons. The summed E-state index contributed by atoms with van der Waals surface area (Å²) >= 11 is 1.64. The average Bonchev–Trinajstić information content (AvgIpc) is 3.40. The molecule has 0 saturated heterocycles. The molecule has 4 rings (SSSR count). The molecule has 2 aromatic heterocycles. The lowest BCUT2D eigenvalue weighted by atomic mass is 9.91. The van der Waals surface area contributed by atoms with Crippen LogP contribution in [0.3, 0.4) is 0 Å². The predicted molar refractivity (Wildman–Crippen MR) is 136 cm³/mol. The van der Waals surface area contributed by atoms with Crippen LogP contribution in [-0.2, 0) is 11.2 Å². The first-order valence-corrected chi connectivity index (χ1v) is 12.9. The summed E-state index contributed by atoms with van der Waals surface area (Å²) in [4.78, 5) is 26.5. The number of aliphatic hydroxyl groups is 1. The van der Waals surface area contributed by atoms with Crippen LogP contribution in [0, 0.1) is 0 Å². The summed E-state index contributed by atoms with van der Waals surface area (Å²) in [5, 5.41) is 11.0. The van der Waals surface area contributed by atoms with Crippen LogP contribution >= 0.6 is 11.3 Å². The van der Waals surface area contributed by atoms with Crippen LogP contribution in [0.15, 0.2) is 46.7 Å². The maximum atomic E-state index is 12.9. The van der Waals surface area contributed by atoms with E-state index >= 15 is 0 Å². The van der Waals surface area contributed by atoms with Gasteiger partial charge in [-0.05, 0) is 61.7 Å². The summed E-state index contributed by atoms with van der Waals surface area (Å²) in [5.74, 6) is 0.670. The zero-order valence-electron chi connectivity index (χ0n) is 20.1. The number of benzene rings is 1. The Morgan fingerprint density at radius 1 is 1.17 bits per heavy atom. The van der Waals surface area contributed by atoms with Gasteiger partial charge in [-0.1, -0.05) is 12.5 Å². The number of carbonyl (C=O) groups excluding carboxylic acids is 1. The number of hydrogen-bond acceptors (Lipinski definition) is 7. The summed E-state index contributed by atoms with van der Waals surface area (Å²) in [7, 11) is 1.60. The summed E-state index contributed by atoms with van der Waals surface area (Å²) in [6, 6.07) is 9.45. The van der Waals surface area contributed by atoms with Crippen LogP contribution in [0.1, 0.15) is 59.4 Å². The molecular weight excluding hydrogens is 466 g/mol. The topological polar surface area (TPSA) is 87.0 Å². The summed E-state index contributed by atoms with van der Waals surface area (Å²) in [5.41, 5.74) is 2.35. The van der Waals surface area contributed by atoms with Gasteiger partial charge in [-0.15, -0.1) is 11.3 Å². The quantitative estimate of drug-likeness (QED) is 0.301. The smallest absolute Gasteiger partial charge is 0.343 e. The Balaban J connectivity index is 1.72. The molecule has 1 aromatic carbocycles. The zero-order valence-corrected chi connectivity index (χ0v) is 20.9. The van der Waals surface area contributed by atoms with Gasteiger partial charge in [0, 0.05) is 29.3 Å². The Kier molecular flexibility index (Phi) is 8.25. The van der Waals surface area contributed by atoms with Crippen LogP contribution in [0.2, 0.25) is 0 Å². The number of aliphatic hydroxyl groups excluding tert-OH is 1. The Labute approximate surface area is 208 Å². The Morgan fingerprint density at radius 3 is 2.71 bits per heavy atom. The molecule has 1 N–H and O–H groups in total. The van der Waals surface area contributed by atoms with Crippen molar-refractivity contribution in [2.24, 2.45) is 0 Å². The lowest BCUT2D eigenvalue weighted by Gasteiger charge is -2.31. The van der Waals surface area contributed by atoms with E-state index in [9.17, 15) is 9.59 Å². The van der Waals surface area contributed by atoms with Gasteiger partial charge in [-0.2, -0.15) is 0 Å². The molecule has 0 spiro atoms. The van der Waals surface area contributed by atoms with Gasteiger partial charge < -0.3 is 23.9 Å². The Bertz CT molecular complexity index is 1220. The number of fused-ring (bicyclic) bond motifs is 3. The number of nitrogens with zero attached hydrogens (tertiary/aromatic N) is 1. The number of rotatable bonds is 11. The van der Waals surface area contributed by atoms with E-state index in [1.165, 1.54) is 6.07 Å². The first-order chi connectivity index (χ1) is 17.1. The summed E-state index contributed by atoms with van der Waals surface area (Å²) in [6.45, 7) is 2.71. The summed E-state index contributed by atoms with van der Waals surface area (Å²) < 4.78 is 18.8. The maximum absolute atomic E-state index is 12.9. The van der Waals surface area contributed by atoms with Gasteiger partial charge in [-0.3, -0.25) is 4.79 Å². The monoisotopic (exact) mass is 497 g/mol. The highest BCUT2D eigenvalue weighted by Crippen LogP contribution is 2.43. The van der Waals surface area contributed by atoms with Gasteiger partial charge >= 0.3 is 5.97 Å². The fraction of sp³-hybridized carbons (Fsp3) is 0.407. The first-order valence-electron chi connectivity index (χ1n) is 12.0. The maximum Gasteiger partial charge on any atom is 0.343 e. The van der Waals surface area contributed by atoms with Crippen molar-refractivity contribution < 1.29 is 24.1 Å². The number of hydrogen-bond donors (Lipinski definition) is 1. The highest BCUT2D eigenvalue weighted by Gasteiger charge is 2.29. The van der Waals surface area contributed by atoms with Gasteiger partial charge in [-0.25, -0.2) is 4.79 Å². The lowest BCUT2D eigenvalue weighted by molar-refractivity contribution is 0.0523. The largest absolute Gasteiger partial charge is 0.493 e. The third kappa shape index (κ3) is 5.44. The van der Waals surface area contributed by atoms with Crippen molar-refractivity contribution in [1.29, 1.82) is 0 Å². The van der Waals surface area contributed by atoms with E-state index in [0.29, 0.717) is 24.5 Å². The number of pyridine rings is 1. The fourth-order valence-electron chi connectivity index (χ4n) is 4.44. The molecule has 3 heterocycles. The second-order valence-corrected chi connectivity index (χ2v) is 9.43. The molecule has 1 aliphatic rings. The number of ether oxygens (including phenoxy) is 3. The van der Waals surface area contributed by atoms with Crippen molar-refractivity contribution in [3.8, 4) is 22.8 Å². The molecule has 35 heavy (non-hydrogen) atoms. The van der Waals surface area contributed by atoms with E-state index in [1.54, 1.807) is 31.6 Å². The van der Waals surface area contributed by atoms with E-state index < -0.39 is 5.97 Å². The van der Waals surface area contributed by atoms with Crippen molar-refractivity contribution in [2.45, 2.75) is 45.1 Å². The third-order valence-corrected chi connectivity index (χ3v) is 7.14. The highest BCUT2D eigenvalue weighted by molar-refractivity contribution is 7.10. The van der Waals surface area contributed by atoms with Crippen molar-refractivity contribution in [1.82, 2.24) is 4.57 Å². The molecule has 0 bridgehead atoms. The van der Waals surface area contributed by atoms with E-state index in [-0.39, 0.29) is 30.2 Å². The third-order valence-electron chi connectivity index (χ3n) is 6.17. The molecule has 0 saturated carbocycles. The Morgan fingerprint density at radius 2 is 2.00 bits per heavy atom. The number of aromatic nitrogens is 1. The molecule has 186 valence electrons. The van der Waals surface area contributed by atoms with Crippen LogP contribution in [0.25, 0.3) is 11.3 Å². The van der Waals surface area contributed by atoms with E-state index in [0.717, 1.165) is 47.4 Å². The number of carbonyl (C=O) groups is 1. The Hall–Kier alpha value is -3.10. The van der Waals surface area contributed by atoms with Gasteiger partial charge in [0.1, 0.15) is 5.56 Å². The molecule has 1 unspecified atom stereocenters. The van der Waals surface area contributed by atoms with Gasteiger partial charge in [0.2, 0.25) is 0 Å². The van der Waals surface area contributed by atoms with Crippen molar-refractivity contribution in [2.75, 3.05) is 26.9 Å². The minimum Gasteiger partial charge on any atom is -0.493 e. The van der Waals surface area contributed by atoms with E-state index in [1.807, 2.05) is 28.1 Å². The second-order valence-electron chi connectivity index (χ2n) is 8.45. The van der Waals surface area contributed by atoms with Crippen LogP contribution < -0.4 is 14.9 Å². The minimum absolute atomic E-state index is 0.0359. The zero-order chi connectivity index (χ0) is 24.8. The van der Waals surface area contributed by atoms with Crippen LogP contribution in [0.4, 0.5) is 0 Å². The molecule has 8 heteroatoms.